The molecule has 1 aromatic heterocycles. The van der Waals surface area contributed by atoms with Crippen LogP contribution in [0.15, 0.2) is 34.0 Å². The van der Waals surface area contributed by atoms with Crippen LogP contribution in [0, 0.1) is 11.7 Å². The molecule has 1 atom stereocenters. The Hall–Kier alpha value is -2.56. The molecule has 0 aliphatic carbocycles. The van der Waals surface area contributed by atoms with Gasteiger partial charge in [0.1, 0.15) is 11.5 Å². The molecule has 0 bridgehead atoms. The van der Waals surface area contributed by atoms with Gasteiger partial charge < -0.3 is 10.2 Å². The van der Waals surface area contributed by atoms with Crippen LogP contribution in [0.25, 0.3) is 0 Å². The number of benzene rings is 1. The molecular weight excluding hydrogens is 412 g/mol. The summed E-state index contributed by atoms with van der Waals surface area (Å²) in [4.78, 5) is 31.9. The molecule has 2 rings (SSSR count). The Bertz CT molecular complexity index is 944. The predicted octanol–water partition coefficient (Wildman–Crippen LogP) is 3.71. The van der Waals surface area contributed by atoms with Crippen molar-refractivity contribution in [1.82, 2.24) is 15.3 Å². The van der Waals surface area contributed by atoms with Crippen LogP contribution in [0.2, 0.25) is 0 Å². The third-order valence-corrected chi connectivity index (χ3v) is 4.66. The number of halogens is 4. The van der Waals surface area contributed by atoms with Crippen molar-refractivity contribution in [3.63, 3.8) is 0 Å². The third-order valence-electron chi connectivity index (χ3n) is 3.88. The molecule has 29 heavy (non-hydrogen) atoms. The van der Waals surface area contributed by atoms with Crippen LogP contribution in [0.5, 0.6) is 0 Å². The Labute approximate surface area is 168 Å². The molecular formula is C18H20F4N4O2S. The maximum Gasteiger partial charge on any atom is 0.446 e. The molecule has 0 saturated heterocycles. The lowest BCUT2D eigenvalue weighted by Gasteiger charge is -2.23. The number of hydrogen-bond donors (Lipinski definition) is 2. The fourth-order valence-electron chi connectivity index (χ4n) is 2.54. The van der Waals surface area contributed by atoms with Gasteiger partial charge in [0.25, 0.3) is 11.5 Å². The van der Waals surface area contributed by atoms with Crippen molar-refractivity contribution in [2.75, 3.05) is 19.0 Å². The number of rotatable bonds is 6. The molecule has 158 valence electrons. The highest BCUT2D eigenvalue weighted by atomic mass is 32.2. The van der Waals surface area contributed by atoms with Crippen LogP contribution < -0.4 is 15.8 Å². The number of hydrogen-bond acceptors (Lipinski definition) is 5. The fraction of sp³-hybridized carbons (Fsp3) is 0.389. The van der Waals surface area contributed by atoms with Crippen molar-refractivity contribution in [2.24, 2.45) is 5.92 Å². The summed E-state index contributed by atoms with van der Waals surface area (Å²) in [5.41, 5.74) is -4.96. The lowest BCUT2D eigenvalue weighted by molar-refractivity contribution is -0.0329. The summed E-state index contributed by atoms with van der Waals surface area (Å²) in [5.74, 6) is -1.72. The van der Waals surface area contributed by atoms with E-state index in [1.54, 1.807) is 27.9 Å². The van der Waals surface area contributed by atoms with E-state index >= 15 is 0 Å². The molecule has 0 saturated carbocycles. The van der Waals surface area contributed by atoms with E-state index in [-0.39, 0.29) is 17.6 Å². The van der Waals surface area contributed by atoms with E-state index in [4.69, 9.17) is 0 Å². The summed E-state index contributed by atoms with van der Waals surface area (Å²) in [7, 11) is 3.28. The molecule has 1 amide bonds. The van der Waals surface area contributed by atoms with Gasteiger partial charge in [-0.05, 0) is 35.4 Å². The summed E-state index contributed by atoms with van der Waals surface area (Å²) in [5, 5.41) is 2.67. The van der Waals surface area contributed by atoms with E-state index in [9.17, 15) is 27.2 Å². The second kappa shape index (κ2) is 8.85. The van der Waals surface area contributed by atoms with E-state index in [2.05, 4.69) is 15.3 Å². The highest BCUT2D eigenvalue weighted by molar-refractivity contribution is 8.00. The minimum absolute atomic E-state index is 0.132. The fourth-order valence-corrected chi connectivity index (χ4v) is 3.08. The second-order valence-electron chi connectivity index (χ2n) is 6.78. The van der Waals surface area contributed by atoms with Gasteiger partial charge in [-0.3, -0.25) is 14.6 Å². The summed E-state index contributed by atoms with van der Waals surface area (Å²) in [6, 6.07) is 3.66. The first-order valence-corrected chi connectivity index (χ1v) is 9.33. The summed E-state index contributed by atoms with van der Waals surface area (Å²) in [6.45, 7) is 3.52. The van der Waals surface area contributed by atoms with E-state index in [1.165, 1.54) is 11.0 Å². The zero-order chi connectivity index (χ0) is 21.9. The number of anilines is 1. The van der Waals surface area contributed by atoms with Crippen LogP contribution in [-0.2, 0) is 0 Å². The molecule has 1 aromatic carbocycles. The van der Waals surface area contributed by atoms with Crippen molar-refractivity contribution in [3.8, 4) is 0 Å². The highest BCUT2D eigenvalue weighted by Gasteiger charge is 2.31. The summed E-state index contributed by atoms with van der Waals surface area (Å²) >= 11 is -0.542. The SMILES string of the molecule is CC(C)[C@@H](NC(=O)c1cc(=O)[nH]c(N(C)C)n1)c1ccc(SC(F)(F)F)c(F)c1. The minimum Gasteiger partial charge on any atom is -0.348 e. The van der Waals surface area contributed by atoms with Gasteiger partial charge in [0.2, 0.25) is 5.95 Å². The molecule has 0 spiro atoms. The Morgan fingerprint density at radius 1 is 1.24 bits per heavy atom. The second-order valence-corrected chi connectivity index (χ2v) is 7.89. The van der Waals surface area contributed by atoms with Gasteiger partial charge >= 0.3 is 5.51 Å². The molecule has 0 unspecified atom stereocenters. The van der Waals surface area contributed by atoms with Crippen LogP contribution in [0.4, 0.5) is 23.5 Å². The van der Waals surface area contributed by atoms with Gasteiger partial charge in [0, 0.05) is 20.2 Å². The van der Waals surface area contributed by atoms with Gasteiger partial charge in [-0.1, -0.05) is 19.9 Å². The maximum absolute atomic E-state index is 14.2. The van der Waals surface area contributed by atoms with Crippen molar-refractivity contribution in [1.29, 1.82) is 0 Å². The molecule has 0 aliphatic heterocycles. The van der Waals surface area contributed by atoms with Crippen LogP contribution in [0.1, 0.15) is 35.9 Å². The normalized spacial score (nSPS) is 12.7. The first-order valence-electron chi connectivity index (χ1n) is 8.52. The quantitative estimate of drug-likeness (QED) is 0.538. The molecule has 0 aliphatic rings. The van der Waals surface area contributed by atoms with Gasteiger partial charge in [-0.15, -0.1) is 0 Å². The van der Waals surface area contributed by atoms with Crippen molar-refractivity contribution >= 4 is 23.6 Å². The van der Waals surface area contributed by atoms with Gasteiger partial charge in [0.15, 0.2) is 0 Å². The predicted molar refractivity (Wildman–Crippen MR) is 103 cm³/mol. The monoisotopic (exact) mass is 432 g/mol. The molecule has 1 heterocycles. The number of nitrogens with zero attached hydrogens (tertiary/aromatic N) is 2. The first-order chi connectivity index (χ1) is 13.4. The number of alkyl halides is 3. The van der Waals surface area contributed by atoms with Crippen LogP contribution in [-0.4, -0.2) is 35.5 Å². The van der Waals surface area contributed by atoms with E-state index in [1.807, 2.05) is 0 Å². The minimum atomic E-state index is -4.61. The average Bonchev–Trinajstić information content (AvgIpc) is 2.59. The zero-order valence-electron chi connectivity index (χ0n) is 16.1. The number of thioether (sulfide) groups is 1. The Morgan fingerprint density at radius 2 is 1.90 bits per heavy atom. The number of aromatic nitrogens is 2. The van der Waals surface area contributed by atoms with Crippen molar-refractivity contribution in [2.45, 2.75) is 30.3 Å². The molecule has 6 nitrogen and oxygen atoms in total. The largest absolute Gasteiger partial charge is 0.446 e. The lowest BCUT2D eigenvalue weighted by atomic mass is 9.95. The number of carbonyl (C=O) groups is 1. The number of aromatic amines is 1. The third kappa shape index (κ3) is 6.21. The van der Waals surface area contributed by atoms with E-state index < -0.39 is 45.5 Å². The van der Waals surface area contributed by atoms with Crippen LogP contribution >= 0.6 is 11.8 Å². The molecule has 2 aromatic rings. The Kier molecular flexibility index (Phi) is 6.93. The molecule has 0 radical (unpaired) electrons. The standard InChI is InChI=1S/C18H20F4N4O2S/c1-9(2)15(10-5-6-13(11(19)7-10)29-18(20,21)22)25-16(28)12-8-14(27)24-17(23-12)26(3)4/h5-9,15H,1-4H3,(H,25,28)(H,23,24,27)/t15-/m1/s1. The Morgan fingerprint density at radius 3 is 2.41 bits per heavy atom. The summed E-state index contributed by atoms with van der Waals surface area (Å²) in [6.07, 6.45) is 0. The molecule has 2 N–H and O–H groups in total. The zero-order valence-corrected chi connectivity index (χ0v) is 16.9. The smallest absolute Gasteiger partial charge is 0.348 e. The van der Waals surface area contributed by atoms with Gasteiger partial charge in [0.05, 0.1) is 10.9 Å². The van der Waals surface area contributed by atoms with Crippen molar-refractivity contribution in [3.05, 3.63) is 51.7 Å². The lowest BCUT2D eigenvalue weighted by Crippen LogP contribution is -2.33. The topological polar surface area (TPSA) is 78.1 Å². The number of H-pyrrole nitrogens is 1. The number of amides is 1. The van der Waals surface area contributed by atoms with E-state index in [0.717, 1.165) is 18.2 Å². The average molecular weight is 432 g/mol. The van der Waals surface area contributed by atoms with Gasteiger partial charge in [-0.2, -0.15) is 13.2 Å². The van der Waals surface area contributed by atoms with Gasteiger partial charge in [-0.25, -0.2) is 9.37 Å². The van der Waals surface area contributed by atoms with Crippen LogP contribution in [0.3, 0.4) is 0 Å². The maximum atomic E-state index is 14.2. The number of nitrogens with one attached hydrogen (secondary N) is 2. The Balaban J connectivity index is 2.30. The highest BCUT2D eigenvalue weighted by Crippen LogP contribution is 2.39. The van der Waals surface area contributed by atoms with Crippen molar-refractivity contribution < 1.29 is 22.4 Å². The summed E-state index contributed by atoms with van der Waals surface area (Å²) < 4.78 is 51.6. The van der Waals surface area contributed by atoms with E-state index in [0.29, 0.717) is 5.56 Å². The molecule has 0 fully saturated rings. The first kappa shape index (κ1) is 22.7. The number of carbonyl (C=O) groups excluding carboxylic acids is 1. The molecule has 11 heteroatoms.